The first-order valence-corrected chi connectivity index (χ1v) is 4.35. The topological polar surface area (TPSA) is 49.8 Å². The van der Waals surface area contributed by atoms with Crippen LogP contribution in [0.15, 0.2) is 11.8 Å². The second kappa shape index (κ2) is 4.16. The van der Waals surface area contributed by atoms with E-state index in [4.69, 9.17) is 9.84 Å². The van der Waals surface area contributed by atoms with Gasteiger partial charge in [-0.3, -0.25) is 0 Å². The lowest BCUT2D eigenvalue weighted by atomic mass is 9.99. The van der Waals surface area contributed by atoms with Gasteiger partial charge in [-0.2, -0.15) is 0 Å². The van der Waals surface area contributed by atoms with Crippen LogP contribution in [0.3, 0.4) is 0 Å². The molecule has 13 heavy (non-hydrogen) atoms. The molecule has 0 aromatic rings. The molecule has 1 aliphatic heterocycles. The molecule has 1 unspecified atom stereocenters. The number of likely N-dealkylation sites (tertiary alicyclic amines) is 1. The van der Waals surface area contributed by atoms with E-state index in [9.17, 15) is 4.79 Å². The molecule has 0 aliphatic carbocycles. The van der Waals surface area contributed by atoms with Gasteiger partial charge < -0.3 is 14.7 Å². The van der Waals surface area contributed by atoms with Crippen molar-refractivity contribution in [3.8, 4) is 0 Å². The molecule has 1 N–H and O–H groups in total. The van der Waals surface area contributed by atoms with Crippen molar-refractivity contribution in [3.05, 3.63) is 11.8 Å². The normalized spacial score (nSPS) is 26.2. The van der Waals surface area contributed by atoms with Crippen molar-refractivity contribution >= 4 is 6.09 Å². The number of rotatable bonds is 1. The largest absolute Gasteiger partial charge is 0.504 e. The van der Waals surface area contributed by atoms with Crippen molar-refractivity contribution in [2.75, 3.05) is 13.7 Å². The van der Waals surface area contributed by atoms with Crippen molar-refractivity contribution in [1.82, 2.24) is 4.90 Å². The number of hydrogen-bond donors (Lipinski definition) is 1. The third-order valence-electron chi connectivity index (χ3n) is 2.29. The fraction of sp³-hybridized carbons (Fsp3) is 0.667. The fourth-order valence-corrected chi connectivity index (χ4v) is 1.63. The van der Waals surface area contributed by atoms with Gasteiger partial charge in [0.2, 0.25) is 0 Å². The van der Waals surface area contributed by atoms with E-state index in [1.54, 1.807) is 13.4 Å². The zero-order valence-electron chi connectivity index (χ0n) is 7.99. The molecular formula is C9H15NO3. The Kier molecular flexibility index (Phi) is 3.17. The van der Waals surface area contributed by atoms with Gasteiger partial charge in [-0.1, -0.05) is 0 Å². The highest BCUT2D eigenvalue weighted by atomic mass is 16.5. The summed E-state index contributed by atoms with van der Waals surface area (Å²) in [7, 11) is 1.61. The second-order valence-electron chi connectivity index (χ2n) is 3.29. The Balaban J connectivity index is 2.56. The van der Waals surface area contributed by atoms with E-state index in [0.29, 0.717) is 6.54 Å². The summed E-state index contributed by atoms with van der Waals surface area (Å²) < 4.78 is 4.90. The summed E-state index contributed by atoms with van der Waals surface area (Å²) in [6.45, 7) is 2.49. The van der Waals surface area contributed by atoms with Crippen molar-refractivity contribution in [1.29, 1.82) is 0 Å². The maximum Gasteiger partial charge on any atom is 0.407 e. The minimum absolute atomic E-state index is 0.0626. The lowest BCUT2D eigenvalue weighted by Crippen LogP contribution is -2.41. The maximum absolute atomic E-state index is 10.7. The molecule has 4 nitrogen and oxygen atoms in total. The predicted octanol–water partition coefficient (Wildman–Crippen LogP) is 1.68. The van der Waals surface area contributed by atoms with Crippen molar-refractivity contribution in [3.63, 3.8) is 0 Å². The summed E-state index contributed by atoms with van der Waals surface area (Å²) in [6.07, 6.45) is 2.45. The van der Waals surface area contributed by atoms with Crippen molar-refractivity contribution in [2.45, 2.75) is 25.8 Å². The van der Waals surface area contributed by atoms with E-state index in [0.717, 1.165) is 12.8 Å². The van der Waals surface area contributed by atoms with E-state index in [-0.39, 0.29) is 6.04 Å². The summed E-state index contributed by atoms with van der Waals surface area (Å²) in [5.74, 6) is 0. The average Bonchev–Trinajstić information content (AvgIpc) is 2.04. The molecule has 0 bridgehead atoms. The highest BCUT2D eigenvalue weighted by Crippen LogP contribution is 2.21. The number of nitrogens with zero attached hydrogens (tertiary/aromatic N) is 1. The van der Waals surface area contributed by atoms with Crippen LogP contribution in [0.25, 0.3) is 0 Å². The van der Waals surface area contributed by atoms with E-state index in [1.165, 1.54) is 10.5 Å². The summed E-state index contributed by atoms with van der Waals surface area (Å²) in [6, 6.07) is 0.0626. The second-order valence-corrected chi connectivity index (χ2v) is 3.29. The van der Waals surface area contributed by atoms with Gasteiger partial charge in [0.05, 0.1) is 13.4 Å². The zero-order chi connectivity index (χ0) is 9.84. The molecule has 1 rings (SSSR count). The van der Waals surface area contributed by atoms with Gasteiger partial charge in [0, 0.05) is 12.6 Å². The van der Waals surface area contributed by atoms with E-state index in [1.807, 2.05) is 6.92 Å². The Morgan fingerprint density at radius 2 is 2.46 bits per heavy atom. The molecule has 1 atom stereocenters. The monoisotopic (exact) mass is 185 g/mol. The molecule has 0 radical (unpaired) electrons. The number of carbonyl (C=O) groups is 1. The molecule has 0 spiro atoms. The molecule has 0 aromatic carbocycles. The van der Waals surface area contributed by atoms with Gasteiger partial charge in [0.25, 0.3) is 0 Å². The number of methoxy groups -OCH3 is 1. The van der Waals surface area contributed by atoms with E-state index < -0.39 is 6.09 Å². The molecule has 1 heterocycles. The Labute approximate surface area is 77.8 Å². The average molecular weight is 185 g/mol. The van der Waals surface area contributed by atoms with Gasteiger partial charge in [0.1, 0.15) is 0 Å². The fourth-order valence-electron chi connectivity index (χ4n) is 1.63. The van der Waals surface area contributed by atoms with Crippen LogP contribution < -0.4 is 0 Å². The highest BCUT2D eigenvalue weighted by Gasteiger charge is 2.24. The Hall–Kier alpha value is -1.19. The van der Waals surface area contributed by atoms with Gasteiger partial charge in [-0.25, -0.2) is 4.79 Å². The molecule has 1 saturated heterocycles. The Bertz CT molecular complexity index is 225. The van der Waals surface area contributed by atoms with Gasteiger partial charge >= 0.3 is 6.09 Å². The quantitative estimate of drug-likeness (QED) is 0.632. The summed E-state index contributed by atoms with van der Waals surface area (Å²) in [5.41, 5.74) is 1.19. The molecule has 4 heteroatoms. The maximum atomic E-state index is 10.7. The molecule has 1 aliphatic rings. The van der Waals surface area contributed by atoms with Crippen LogP contribution in [-0.4, -0.2) is 35.8 Å². The first-order chi connectivity index (χ1) is 6.15. The standard InChI is InChI=1S/C9H15NO3/c1-7-5-8(6-13-2)3-4-10(7)9(11)12/h6-7H,3-5H2,1-2H3,(H,11,12)/b8-6-. The third kappa shape index (κ3) is 2.37. The molecular weight excluding hydrogens is 170 g/mol. The van der Waals surface area contributed by atoms with Gasteiger partial charge in [-0.15, -0.1) is 0 Å². The molecule has 1 amide bonds. The number of hydrogen-bond acceptors (Lipinski definition) is 2. The van der Waals surface area contributed by atoms with Crippen LogP contribution in [0.2, 0.25) is 0 Å². The number of ether oxygens (including phenoxy) is 1. The number of amides is 1. The van der Waals surface area contributed by atoms with Crippen LogP contribution in [0, 0.1) is 0 Å². The first kappa shape index (κ1) is 9.89. The van der Waals surface area contributed by atoms with Crippen LogP contribution >= 0.6 is 0 Å². The van der Waals surface area contributed by atoms with E-state index in [2.05, 4.69) is 0 Å². The minimum atomic E-state index is -0.830. The number of piperidine rings is 1. The third-order valence-corrected chi connectivity index (χ3v) is 2.29. The summed E-state index contributed by atoms with van der Waals surface area (Å²) in [5, 5.41) is 8.80. The molecule has 0 saturated carbocycles. The molecule has 0 aromatic heterocycles. The highest BCUT2D eigenvalue weighted by molar-refractivity contribution is 5.65. The van der Waals surface area contributed by atoms with Gasteiger partial charge in [0.15, 0.2) is 0 Å². The Morgan fingerprint density at radius 1 is 1.77 bits per heavy atom. The lowest BCUT2D eigenvalue weighted by Gasteiger charge is -2.32. The van der Waals surface area contributed by atoms with Crippen LogP contribution in [0.4, 0.5) is 4.79 Å². The number of carboxylic acid groups (broad SMARTS) is 1. The van der Waals surface area contributed by atoms with Crippen LogP contribution in [0.5, 0.6) is 0 Å². The molecule has 1 fully saturated rings. The molecule has 74 valence electrons. The SMILES string of the molecule is CO/C=C1/CCN(C(=O)O)C(C)C1. The predicted molar refractivity (Wildman–Crippen MR) is 48.5 cm³/mol. The van der Waals surface area contributed by atoms with Crippen molar-refractivity contribution in [2.24, 2.45) is 0 Å². The lowest BCUT2D eigenvalue weighted by molar-refractivity contribution is 0.120. The first-order valence-electron chi connectivity index (χ1n) is 4.35. The Morgan fingerprint density at radius 3 is 2.92 bits per heavy atom. The zero-order valence-corrected chi connectivity index (χ0v) is 7.99. The summed E-state index contributed by atoms with van der Waals surface area (Å²) in [4.78, 5) is 12.2. The van der Waals surface area contributed by atoms with Gasteiger partial charge in [-0.05, 0) is 25.3 Å². The van der Waals surface area contributed by atoms with Crippen LogP contribution in [-0.2, 0) is 4.74 Å². The minimum Gasteiger partial charge on any atom is -0.504 e. The van der Waals surface area contributed by atoms with E-state index >= 15 is 0 Å². The van der Waals surface area contributed by atoms with Crippen LogP contribution in [0.1, 0.15) is 19.8 Å². The van der Waals surface area contributed by atoms with Crippen molar-refractivity contribution < 1.29 is 14.6 Å². The smallest absolute Gasteiger partial charge is 0.407 e. The summed E-state index contributed by atoms with van der Waals surface area (Å²) >= 11 is 0.